The first-order chi connectivity index (χ1) is 8.65. The Bertz CT molecular complexity index is 363. The van der Waals surface area contributed by atoms with Crippen LogP contribution in [0.3, 0.4) is 0 Å². The molecule has 1 aliphatic rings. The van der Waals surface area contributed by atoms with E-state index in [1.807, 2.05) is 27.7 Å². The molecule has 0 aliphatic carbocycles. The third-order valence-electron chi connectivity index (χ3n) is 4.21. The van der Waals surface area contributed by atoms with Crippen LogP contribution in [0.15, 0.2) is 0 Å². The minimum absolute atomic E-state index is 0.0448. The van der Waals surface area contributed by atoms with E-state index < -0.39 is 11.1 Å². The summed E-state index contributed by atoms with van der Waals surface area (Å²) in [6, 6.07) is 0. The van der Waals surface area contributed by atoms with Crippen LogP contribution < -0.4 is 5.32 Å². The molecule has 1 fully saturated rings. The fraction of sp³-hybridized carbons (Fsp3) is 0.867. The van der Waals surface area contributed by atoms with Crippen LogP contribution in [0.25, 0.3) is 0 Å². The average molecular weight is 268 g/mol. The van der Waals surface area contributed by atoms with Crippen molar-refractivity contribution >= 4 is 11.8 Å². The Kier molecular flexibility index (Phi) is 4.64. The molecule has 2 amide bonds. The third kappa shape index (κ3) is 3.10. The molecule has 110 valence electrons. The summed E-state index contributed by atoms with van der Waals surface area (Å²) in [5.74, 6) is 0.610. The summed E-state index contributed by atoms with van der Waals surface area (Å²) in [7, 11) is 0. The Morgan fingerprint density at radius 3 is 2.26 bits per heavy atom. The van der Waals surface area contributed by atoms with Gasteiger partial charge in [-0.1, -0.05) is 20.8 Å². The highest BCUT2D eigenvalue weighted by molar-refractivity contribution is 6.01. The molecule has 19 heavy (non-hydrogen) atoms. The fourth-order valence-electron chi connectivity index (χ4n) is 2.41. The van der Waals surface area contributed by atoms with Crippen LogP contribution in [-0.4, -0.2) is 34.3 Å². The Balaban J connectivity index is 2.88. The lowest BCUT2D eigenvalue weighted by Crippen LogP contribution is -2.73. The number of piperazine rings is 1. The molecule has 0 aromatic carbocycles. The molecule has 1 rings (SSSR count). The molecule has 0 bridgehead atoms. The van der Waals surface area contributed by atoms with Gasteiger partial charge in [0.25, 0.3) is 0 Å². The van der Waals surface area contributed by atoms with Crippen molar-refractivity contribution in [3.05, 3.63) is 0 Å². The minimum Gasteiger partial charge on any atom is -0.340 e. The SMILES string of the molecule is CCC1(C)NC(=O)C(C)(C)N(CCCC(C)C)C1=O. The highest BCUT2D eigenvalue weighted by Gasteiger charge is 2.50. The van der Waals surface area contributed by atoms with Gasteiger partial charge >= 0.3 is 0 Å². The quantitative estimate of drug-likeness (QED) is 0.832. The van der Waals surface area contributed by atoms with E-state index in [9.17, 15) is 9.59 Å². The number of rotatable bonds is 5. The lowest BCUT2D eigenvalue weighted by Gasteiger charge is -2.48. The molecule has 0 aromatic heterocycles. The number of nitrogens with one attached hydrogen (secondary N) is 1. The van der Waals surface area contributed by atoms with Crippen LogP contribution in [0.2, 0.25) is 0 Å². The second-order valence-corrected chi connectivity index (χ2v) is 6.69. The van der Waals surface area contributed by atoms with Gasteiger partial charge in [0.15, 0.2) is 0 Å². The van der Waals surface area contributed by atoms with E-state index in [0.29, 0.717) is 18.9 Å². The van der Waals surface area contributed by atoms with Gasteiger partial charge in [-0.05, 0) is 46.0 Å². The number of carbonyl (C=O) groups excluding carboxylic acids is 2. The predicted molar refractivity (Wildman–Crippen MR) is 76.7 cm³/mol. The average Bonchev–Trinajstić information content (AvgIpc) is 2.31. The summed E-state index contributed by atoms with van der Waals surface area (Å²) in [5, 5.41) is 2.88. The van der Waals surface area contributed by atoms with Gasteiger partial charge in [0.1, 0.15) is 11.1 Å². The van der Waals surface area contributed by atoms with Crippen molar-refractivity contribution in [2.24, 2.45) is 5.92 Å². The number of carbonyl (C=O) groups is 2. The van der Waals surface area contributed by atoms with E-state index in [0.717, 1.165) is 12.8 Å². The van der Waals surface area contributed by atoms with Crippen LogP contribution in [-0.2, 0) is 9.59 Å². The van der Waals surface area contributed by atoms with E-state index in [1.54, 1.807) is 4.90 Å². The minimum atomic E-state index is -0.747. The maximum atomic E-state index is 12.6. The molecule has 4 nitrogen and oxygen atoms in total. The van der Waals surface area contributed by atoms with Gasteiger partial charge in [0.2, 0.25) is 11.8 Å². The van der Waals surface area contributed by atoms with Gasteiger partial charge in [-0.3, -0.25) is 9.59 Å². The molecule has 1 saturated heterocycles. The zero-order valence-corrected chi connectivity index (χ0v) is 13.2. The molecule has 0 radical (unpaired) electrons. The monoisotopic (exact) mass is 268 g/mol. The summed E-state index contributed by atoms with van der Waals surface area (Å²) >= 11 is 0. The number of nitrogens with zero attached hydrogens (tertiary/aromatic N) is 1. The molecule has 1 heterocycles. The van der Waals surface area contributed by atoms with Crippen molar-refractivity contribution in [2.75, 3.05) is 6.54 Å². The smallest absolute Gasteiger partial charge is 0.248 e. The Morgan fingerprint density at radius 1 is 1.21 bits per heavy atom. The van der Waals surface area contributed by atoms with E-state index in [-0.39, 0.29) is 11.8 Å². The summed E-state index contributed by atoms with van der Waals surface area (Å²) in [5.41, 5.74) is -1.49. The van der Waals surface area contributed by atoms with Crippen molar-refractivity contribution in [2.45, 2.75) is 71.9 Å². The number of amides is 2. The highest BCUT2D eigenvalue weighted by atomic mass is 16.2. The van der Waals surface area contributed by atoms with Crippen LogP contribution in [0.4, 0.5) is 0 Å². The van der Waals surface area contributed by atoms with Crippen LogP contribution in [0.5, 0.6) is 0 Å². The maximum Gasteiger partial charge on any atom is 0.248 e. The Labute approximate surface area is 116 Å². The summed E-state index contributed by atoms with van der Waals surface area (Å²) in [4.78, 5) is 26.6. The zero-order chi connectivity index (χ0) is 14.8. The lowest BCUT2D eigenvalue weighted by atomic mass is 9.86. The summed E-state index contributed by atoms with van der Waals surface area (Å²) in [6.45, 7) is 12.4. The first kappa shape index (κ1) is 16.0. The lowest BCUT2D eigenvalue weighted by molar-refractivity contribution is -0.160. The van der Waals surface area contributed by atoms with Crippen molar-refractivity contribution in [3.63, 3.8) is 0 Å². The van der Waals surface area contributed by atoms with Crippen LogP contribution in [0.1, 0.15) is 60.8 Å². The zero-order valence-electron chi connectivity index (χ0n) is 13.2. The van der Waals surface area contributed by atoms with E-state index in [1.165, 1.54) is 0 Å². The third-order valence-corrected chi connectivity index (χ3v) is 4.21. The first-order valence-corrected chi connectivity index (χ1v) is 7.30. The number of hydrogen-bond acceptors (Lipinski definition) is 2. The second-order valence-electron chi connectivity index (χ2n) is 6.69. The second kappa shape index (κ2) is 5.51. The summed E-state index contributed by atoms with van der Waals surface area (Å²) < 4.78 is 0. The fourth-order valence-corrected chi connectivity index (χ4v) is 2.41. The summed E-state index contributed by atoms with van der Waals surface area (Å²) in [6.07, 6.45) is 2.64. The van der Waals surface area contributed by atoms with Crippen molar-refractivity contribution in [1.29, 1.82) is 0 Å². The maximum absolute atomic E-state index is 12.6. The molecule has 0 saturated carbocycles. The van der Waals surface area contributed by atoms with Gasteiger partial charge < -0.3 is 10.2 Å². The normalized spacial score (nSPS) is 26.8. The molecular weight excluding hydrogens is 240 g/mol. The van der Waals surface area contributed by atoms with Gasteiger partial charge in [-0.25, -0.2) is 0 Å². The number of hydrogen-bond donors (Lipinski definition) is 1. The van der Waals surface area contributed by atoms with Crippen molar-refractivity contribution in [1.82, 2.24) is 10.2 Å². The topological polar surface area (TPSA) is 49.4 Å². The van der Waals surface area contributed by atoms with E-state index in [2.05, 4.69) is 19.2 Å². The van der Waals surface area contributed by atoms with Crippen molar-refractivity contribution < 1.29 is 9.59 Å². The van der Waals surface area contributed by atoms with Gasteiger partial charge in [-0.15, -0.1) is 0 Å². The van der Waals surface area contributed by atoms with Crippen molar-refractivity contribution in [3.8, 4) is 0 Å². The standard InChI is InChI=1S/C15H28N2O2/c1-7-15(6)13(19)17(10-8-9-11(2)3)14(4,5)12(18)16-15/h11H,7-10H2,1-6H3,(H,16,18). The Hall–Kier alpha value is -1.06. The molecular formula is C15H28N2O2. The van der Waals surface area contributed by atoms with E-state index >= 15 is 0 Å². The highest BCUT2D eigenvalue weighted by Crippen LogP contribution is 2.28. The first-order valence-electron chi connectivity index (χ1n) is 7.30. The molecule has 4 heteroatoms. The van der Waals surface area contributed by atoms with Gasteiger partial charge in [-0.2, -0.15) is 0 Å². The molecule has 0 spiro atoms. The largest absolute Gasteiger partial charge is 0.340 e. The van der Waals surface area contributed by atoms with Gasteiger partial charge in [0.05, 0.1) is 0 Å². The Morgan fingerprint density at radius 2 is 1.79 bits per heavy atom. The molecule has 0 aromatic rings. The molecule has 1 N–H and O–H groups in total. The van der Waals surface area contributed by atoms with Gasteiger partial charge in [0, 0.05) is 6.54 Å². The van der Waals surface area contributed by atoms with Crippen LogP contribution in [0, 0.1) is 5.92 Å². The molecule has 1 aliphatic heterocycles. The predicted octanol–water partition coefficient (Wildman–Crippen LogP) is 2.33. The van der Waals surface area contributed by atoms with E-state index in [4.69, 9.17) is 0 Å². The molecule has 1 atom stereocenters. The van der Waals surface area contributed by atoms with Crippen LogP contribution >= 0.6 is 0 Å². The molecule has 1 unspecified atom stereocenters.